The molecule has 0 aliphatic carbocycles. The summed E-state index contributed by atoms with van der Waals surface area (Å²) >= 11 is 0. The first kappa shape index (κ1) is 11.9. The van der Waals surface area contributed by atoms with Crippen molar-refractivity contribution < 1.29 is 46.1 Å². The fourth-order valence-electron chi connectivity index (χ4n) is 3.52. The number of morpholine rings is 1. The molecule has 2 fully saturated rings. The van der Waals surface area contributed by atoms with Crippen molar-refractivity contribution >= 4 is 17.7 Å². The number of nitrogens with one attached hydrogen (secondary N) is 1. The number of piperidine rings is 1. The number of benzene rings is 2. The minimum absolute atomic E-state index is 0.183. The van der Waals surface area contributed by atoms with Gasteiger partial charge in [-0.3, -0.25) is 24.6 Å². The van der Waals surface area contributed by atoms with Crippen molar-refractivity contribution in [1.82, 2.24) is 15.1 Å². The Morgan fingerprint density at radius 2 is 2.06 bits per heavy atom. The van der Waals surface area contributed by atoms with E-state index < -0.39 is 98.6 Å². The Morgan fingerprint density at radius 1 is 1.24 bits per heavy atom. The van der Waals surface area contributed by atoms with E-state index in [4.69, 9.17) is 22.6 Å². The molecule has 2 aromatic carbocycles. The highest BCUT2D eigenvalue weighted by Gasteiger charge is 2.40. The number of halogens is 1. The SMILES string of the molecule is [2H]C([2H])(Oc1cccc2c1C([2H])([2H])N([C@@]1([2H])CCC(=O)NC1=O)C2=O)c1ccc(CN2C([2H])([2H])C([2H])([2H])OC([2H])([2H])C2([2H])[2H])cc1F. The molecule has 1 N–H and O–H groups in total. The van der Waals surface area contributed by atoms with Crippen molar-refractivity contribution in [3.8, 4) is 5.75 Å². The van der Waals surface area contributed by atoms with Crippen LogP contribution in [0.3, 0.4) is 0 Å². The average Bonchev–Trinajstić information content (AvgIpc) is 3.13. The van der Waals surface area contributed by atoms with E-state index in [-0.39, 0.29) is 22.4 Å². The highest BCUT2D eigenvalue weighted by Crippen LogP contribution is 2.34. The van der Waals surface area contributed by atoms with Gasteiger partial charge >= 0.3 is 0 Å². The molecule has 0 bridgehead atoms. The third-order valence-electron chi connectivity index (χ3n) is 5.17. The van der Waals surface area contributed by atoms with E-state index in [1.165, 1.54) is 6.07 Å². The number of ether oxygens (including phenoxy) is 2. The van der Waals surface area contributed by atoms with Gasteiger partial charge in [0.15, 0.2) is 0 Å². The van der Waals surface area contributed by atoms with Gasteiger partial charge in [-0.1, -0.05) is 18.2 Å². The molecule has 0 unspecified atom stereocenters. The number of rotatable bonds is 6. The molecule has 0 radical (unpaired) electrons. The fourth-order valence-corrected chi connectivity index (χ4v) is 3.52. The first-order valence-electron chi connectivity index (χ1n) is 16.6. The highest BCUT2D eigenvalue weighted by atomic mass is 19.1. The van der Waals surface area contributed by atoms with Gasteiger partial charge in [0.1, 0.15) is 24.1 Å². The van der Waals surface area contributed by atoms with Crippen LogP contribution < -0.4 is 10.1 Å². The van der Waals surface area contributed by atoms with Crippen LogP contribution in [0.4, 0.5) is 4.39 Å². The molecule has 2 saturated heterocycles. The van der Waals surface area contributed by atoms with Gasteiger partial charge in [0.05, 0.1) is 32.0 Å². The number of fused-ring (bicyclic) bond motifs is 1. The Morgan fingerprint density at radius 3 is 2.82 bits per heavy atom. The van der Waals surface area contributed by atoms with Gasteiger partial charge in [-0.15, -0.1) is 0 Å². The largest absolute Gasteiger partial charge is 0.488 e. The van der Waals surface area contributed by atoms with Gasteiger partial charge in [-0.25, -0.2) is 4.39 Å². The number of amides is 3. The lowest BCUT2D eigenvalue weighted by Gasteiger charge is -2.29. The Bertz CT molecular complexity index is 1670. The first-order chi connectivity index (χ1) is 21.3. The Hall–Kier alpha value is -3.30. The van der Waals surface area contributed by atoms with Crippen LogP contribution in [0.15, 0.2) is 36.4 Å². The molecule has 3 heterocycles. The molecule has 178 valence electrons. The van der Waals surface area contributed by atoms with Gasteiger partial charge in [0, 0.05) is 48.1 Å². The van der Waals surface area contributed by atoms with E-state index in [9.17, 15) is 14.4 Å². The standard InChI is InChI=1S/C25H26FN3O5/c26-20-12-16(13-28-8-10-33-11-9-28)4-5-17(20)15-34-22-3-1-2-18-19(22)14-29(25(18)32)21-6-7-23(30)27-24(21)31/h1-5,12,21H,6-11,13-15H2,(H,27,30,31)/t21-/m0/s1/i8D2,9D2,10D2,11D2,14D2,15D2,21D. The summed E-state index contributed by atoms with van der Waals surface area (Å²) in [5.74, 6) is -4.94. The molecule has 34 heavy (non-hydrogen) atoms. The minimum atomic E-state index is -3.33. The molecular formula is C25H26FN3O5. The molecule has 0 saturated carbocycles. The molecule has 5 rings (SSSR count). The zero-order valence-electron chi connectivity index (χ0n) is 30.4. The van der Waals surface area contributed by atoms with Crippen LogP contribution in [-0.2, 0) is 33.9 Å². The summed E-state index contributed by atoms with van der Waals surface area (Å²) in [6.07, 6.45) is -0.873. The van der Waals surface area contributed by atoms with Crippen LogP contribution >= 0.6 is 0 Å². The molecule has 3 aliphatic rings. The summed E-state index contributed by atoms with van der Waals surface area (Å²) in [6, 6.07) is 3.49. The topological polar surface area (TPSA) is 88.2 Å². The highest BCUT2D eigenvalue weighted by molar-refractivity contribution is 6.05. The molecule has 2 aromatic rings. The lowest BCUT2D eigenvalue weighted by Crippen LogP contribution is -2.52. The second kappa shape index (κ2) is 9.52. The number of imide groups is 1. The van der Waals surface area contributed by atoms with E-state index in [1.807, 2.05) is 5.32 Å². The van der Waals surface area contributed by atoms with Crippen molar-refractivity contribution in [2.24, 2.45) is 0 Å². The van der Waals surface area contributed by atoms with Crippen LogP contribution in [-0.4, -0.2) is 59.7 Å². The predicted molar refractivity (Wildman–Crippen MR) is 119 cm³/mol. The number of hydrogen-bond acceptors (Lipinski definition) is 6. The lowest BCUT2D eigenvalue weighted by atomic mass is 10.0. The summed E-state index contributed by atoms with van der Waals surface area (Å²) < 4.78 is 132. The fraction of sp³-hybridized carbons (Fsp3) is 0.400. The average molecular weight is 481 g/mol. The van der Waals surface area contributed by atoms with Crippen molar-refractivity contribution in [2.75, 3.05) is 26.1 Å². The smallest absolute Gasteiger partial charge is 0.255 e. The molecule has 3 aliphatic heterocycles. The normalized spacial score (nSPS) is 36.6. The maximum absolute atomic E-state index is 15.5. The van der Waals surface area contributed by atoms with Crippen LogP contribution in [0.5, 0.6) is 5.75 Å². The Kier molecular flexibility index (Phi) is 3.33. The zero-order valence-corrected chi connectivity index (χ0v) is 17.4. The Labute approximate surface area is 214 Å². The van der Waals surface area contributed by atoms with Crippen LogP contribution in [0.2, 0.25) is 0 Å². The quantitative estimate of drug-likeness (QED) is 0.637. The van der Waals surface area contributed by atoms with Crippen LogP contribution in [0, 0.1) is 5.82 Å². The van der Waals surface area contributed by atoms with Gasteiger partial charge in [-0.2, -0.15) is 0 Å². The summed E-state index contributed by atoms with van der Waals surface area (Å²) in [4.78, 5) is 38.1. The molecule has 1 atom stereocenters. The molecule has 9 heteroatoms. The van der Waals surface area contributed by atoms with Crippen LogP contribution in [0.1, 0.15) is 57.7 Å². The second-order valence-electron chi connectivity index (χ2n) is 7.39. The maximum Gasteiger partial charge on any atom is 0.255 e. The first-order valence-corrected chi connectivity index (χ1v) is 10.1. The van der Waals surface area contributed by atoms with E-state index >= 15 is 4.39 Å². The van der Waals surface area contributed by atoms with Gasteiger partial charge in [0.2, 0.25) is 11.8 Å². The van der Waals surface area contributed by atoms with Crippen molar-refractivity contribution in [2.45, 2.75) is 38.5 Å². The van der Waals surface area contributed by atoms with Gasteiger partial charge in [-0.05, 0) is 30.2 Å². The lowest BCUT2D eigenvalue weighted by molar-refractivity contribution is -0.136. The van der Waals surface area contributed by atoms with Crippen molar-refractivity contribution in [1.29, 1.82) is 0 Å². The van der Waals surface area contributed by atoms with E-state index in [0.717, 1.165) is 24.3 Å². The summed E-state index contributed by atoms with van der Waals surface area (Å²) in [7, 11) is 0. The summed E-state index contributed by atoms with van der Waals surface area (Å²) in [6.45, 7) is -20.1. The number of carbonyl (C=O) groups is 3. The van der Waals surface area contributed by atoms with Gasteiger partial charge in [0.25, 0.3) is 5.91 Å². The summed E-state index contributed by atoms with van der Waals surface area (Å²) in [5.41, 5.74) is -1.92. The second-order valence-corrected chi connectivity index (χ2v) is 7.39. The molecule has 0 aromatic heterocycles. The third kappa shape index (κ3) is 4.53. The van der Waals surface area contributed by atoms with E-state index in [2.05, 4.69) is 4.74 Å². The van der Waals surface area contributed by atoms with Gasteiger partial charge < -0.3 is 14.4 Å². The number of hydrogen-bond donors (Lipinski definition) is 1. The monoisotopic (exact) mass is 480 g/mol. The third-order valence-corrected chi connectivity index (χ3v) is 5.17. The maximum atomic E-state index is 15.5. The molecular weight excluding hydrogens is 441 g/mol. The molecule has 8 nitrogen and oxygen atoms in total. The summed E-state index contributed by atoms with van der Waals surface area (Å²) in [5, 5.41) is 1.91. The predicted octanol–water partition coefficient (Wildman–Crippen LogP) is 2.00. The van der Waals surface area contributed by atoms with Crippen LogP contribution in [0.25, 0.3) is 0 Å². The Balaban J connectivity index is 1.46. The number of carbonyl (C=O) groups excluding carboxylic acids is 3. The minimum Gasteiger partial charge on any atom is -0.488 e. The number of nitrogens with zero attached hydrogens (tertiary/aromatic N) is 2. The zero-order chi connectivity index (χ0) is 35.3. The van der Waals surface area contributed by atoms with Crippen molar-refractivity contribution in [3.63, 3.8) is 0 Å². The molecule has 0 spiro atoms. The van der Waals surface area contributed by atoms with E-state index in [0.29, 0.717) is 11.0 Å². The molecule has 3 amide bonds. The van der Waals surface area contributed by atoms with Crippen molar-refractivity contribution in [3.05, 3.63) is 64.5 Å². The van der Waals surface area contributed by atoms with E-state index in [1.54, 1.807) is 0 Å².